The van der Waals surface area contributed by atoms with Crippen molar-refractivity contribution in [3.05, 3.63) is 53.1 Å². The molecule has 6 heteroatoms. The first-order valence-electron chi connectivity index (χ1n) is 8.10. The Morgan fingerprint density at radius 2 is 2.04 bits per heavy atom. The van der Waals surface area contributed by atoms with Gasteiger partial charge in [0, 0.05) is 29.5 Å². The van der Waals surface area contributed by atoms with Gasteiger partial charge in [0.05, 0.1) is 13.1 Å². The van der Waals surface area contributed by atoms with Crippen molar-refractivity contribution in [3.63, 3.8) is 0 Å². The number of imidazole rings is 1. The number of hydrogen-bond acceptors (Lipinski definition) is 2. The maximum absolute atomic E-state index is 12.4. The largest absolute Gasteiger partial charge is 0.333 e. The predicted octanol–water partition coefficient (Wildman–Crippen LogP) is 3.91. The molecule has 2 rings (SSSR count). The summed E-state index contributed by atoms with van der Waals surface area (Å²) in [5.74, 6) is 0.834. The Morgan fingerprint density at radius 1 is 1.33 bits per heavy atom. The van der Waals surface area contributed by atoms with Crippen LogP contribution in [-0.2, 0) is 13.1 Å². The SMILES string of the molecule is CCN(Cc1nccn1Cc1ccccc1Cl)C(=O)NC(C)(C)C. The predicted molar refractivity (Wildman–Crippen MR) is 97.1 cm³/mol. The van der Waals surface area contributed by atoms with E-state index in [4.69, 9.17) is 11.6 Å². The van der Waals surface area contributed by atoms with Gasteiger partial charge in [-0.05, 0) is 39.3 Å². The normalized spacial score (nSPS) is 11.4. The number of halogens is 1. The summed E-state index contributed by atoms with van der Waals surface area (Å²) in [4.78, 5) is 18.6. The van der Waals surface area contributed by atoms with Crippen molar-refractivity contribution in [3.8, 4) is 0 Å². The monoisotopic (exact) mass is 348 g/mol. The van der Waals surface area contributed by atoms with Crippen LogP contribution in [0.15, 0.2) is 36.7 Å². The van der Waals surface area contributed by atoms with Crippen LogP contribution in [0.2, 0.25) is 5.02 Å². The molecule has 0 aliphatic rings. The van der Waals surface area contributed by atoms with Crippen LogP contribution in [0.3, 0.4) is 0 Å². The molecule has 5 nitrogen and oxygen atoms in total. The summed E-state index contributed by atoms with van der Waals surface area (Å²) in [5.41, 5.74) is 0.762. The zero-order valence-electron chi connectivity index (χ0n) is 14.7. The van der Waals surface area contributed by atoms with Gasteiger partial charge in [0.15, 0.2) is 0 Å². The number of amides is 2. The van der Waals surface area contributed by atoms with E-state index < -0.39 is 0 Å². The van der Waals surface area contributed by atoms with Crippen LogP contribution in [-0.4, -0.2) is 32.6 Å². The van der Waals surface area contributed by atoms with Crippen molar-refractivity contribution in [1.82, 2.24) is 19.8 Å². The van der Waals surface area contributed by atoms with E-state index >= 15 is 0 Å². The summed E-state index contributed by atoms with van der Waals surface area (Å²) >= 11 is 6.24. The van der Waals surface area contributed by atoms with Crippen molar-refractivity contribution in [2.45, 2.75) is 46.3 Å². The van der Waals surface area contributed by atoms with E-state index in [0.29, 0.717) is 19.6 Å². The molecule has 0 fully saturated rings. The highest BCUT2D eigenvalue weighted by molar-refractivity contribution is 6.31. The second kappa shape index (κ2) is 7.71. The van der Waals surface area contributed by atoms with Crippen LogP contribution in [0.1, 0.15) is 39.1 Å². The third-order valence-electron chi connectivity index (χ3n) is 3.58. The van der Waals surface area contributed by atoms with Gasteiger partial charge in [-0.25, -0.2) is 9.78 Å². The number of carbonyl (C=O) groups excluding carboxylic acids is 1. The molecule has 0 unspecified atom stereocenters. The van der Waals surface area contributed by atoms with Crippen LogP contribution in [0.25, 0.3) is 0 Å². The number of urea groups is 1. The lowest BCUT2D eigenvalue weighted by Crippen LogP contribution is -2.48. The fourth-order valence-corrected chi connectivity index (χ4v) is 2.54. The van der Waals surface area contributed by atoms with Crippen LogP contribution in [0.4, 0.5) is 4.79 Å². The molecule has 2 amide bonds. The first-order valence-corrected chi connectivity index (χ1v) is 8.48. The molecule has 0 spiro atoms. The molecule has 24 heavy (non-hydrogen) atoms. The quantitative estimate of drug-likeness (QED) is 0.890. The summed E-state index contributed by atoms with van der Waals surface area (Å²) < 4.78 is 2.02. The van der Waals surface area contributed by atoms with E-state index in [9.17, 15) is 4.79 Å². The summed E-state index contributed by atoms with van der Waals surface area (Å²) in [7, 11) is 0. The third kappa shape index (κ3) is 4.99. The number of hydrogen-bond donors (Lipinski definition) is 1. The Kier molecular flexibility index (Phi) is 5.89. The smallest absolute Gasteiger partial charge is 0.318 e. The molecule has 1 aromatic carbocycles. The fraction of sp³-hybridized carbons (Fsp3) is 0.444. The first-order chi connectivity index (χ1) is 11.3. The van der Waals surface area contributed by atoms with Gasteiger partial charge in [-0.1, -0.05) is 29.8 Å². The summed E-state index contributed by atoms with van der Waals surface area (Å²) in [6.07, 6.45) is 3.66. The van der Waals surface area contributed by atoms with Gasteiger partial charge in [0.25, 0.3) is 0 Å². The number of rotatable bonds is 5. The summed E-state index contributed by atoms with van der Waals surface area (Å²) in [6.45, 7) is 9.57. The number of carbonyl (C=O) groups is 1. The molecule has 1 N–H and O–H groups in total. The molecule has 2 aromatic rings. The molecule has 0 saturated carbocycles. The minimum Gasteiger partial charge on any atom is -0.333 e. The molecule has 0 aliphatic heterocycles. The molecule has 0 radical (unpaired) electrons. The van der Waals surface area contributed by atoms with Gasteiger partial charge < -0.3 is 14.8 Å². The van der Waals surface area contributed by atoms with E-state index in [0.717, 1.165) is 16.4 Å². The van der Waals surface area contributed by atoms with Crippen LogP contribution in [0, 0.1) is 0 Å². The molecule has 0 saturated heterocycles. The van der Waals surface area contributed by atoms with Gasteiger partial charge in [-0.2, -0.15) is 0 Å². The highest BCUT2D eigenvalue weighted by Crippen LogP contribution is 2.17. The average Bonchev–Trinajstić information content (AvgIpc) is 2.92. The topological polar surface area (TPSA) is 50.2 Å². The van der Waals surface area contributed by atoms with Crippen LogP contribution < -0.4 is 5.32 Å². The van der Waals surface area contributed by atoms with Crippen molar-refractivity contribution in [2.75, 3.05) is 6.54 Å². The number of aromatic nitrogens is 2. The second-order valence-electron chi connectivity index (χ2n) is 6.76. The highest BCUT2D eigenvalue weighted by Gasteiger charge is 2.20. The Labute approximate surface area is 148 Å². The number of nitrogens with zero attached hydrogens (tertiary/aromatic N) is 3. The zero-order chi connectivity index (χ0) is 17.7. The minimum atomic E-state index is -0.266. The summed E-state index contributed by atoms with van der Waals surface area (Å²) in [6, 6.07) is 7.67. The lowest BCUT2D eigenvalue weighted by Gasteiger charge is -2.27. The number of benzene rings is 1. The fourth-order valence-electron chi connectivity index (χ4n) is 2.34. The van der Waals surface area contributed by atoms with Gasteiger partial charge >= 0.3 is 6.03 Å². The third-order valence-corrected chi connectivity index (χ3v) is 3.95. The van der Waals surface area contributed by atoms with Crippen LogP contribution >= 0.6 is 11.6 Å². The maximum atomic E-state index is 12.4. The van der Waals surface area contributed by atoms with Crippen LogP contribution in [0.5, 0.6) is 0 Å². The first kappa shape index (κ1) is 18.3. The van der Waals surface area contributed by atoms with Crippen molar-refractivity contribution in [1.29, 1.82) is 0 Å². The van der Waals surface area contributed by atoms with Crippen molar-refractivity contribution >= 4 is 17.6 Å². The highest BCUT2D eigenvalue weighted by atomic mass is 35.5. The minimum absolute atomic E-state index is 0.0858. The van der Waals surface area contributed by atoms with Gasteiger partial charge in [0.1, 0.15) is 5.82 Å². The molecule has 0 aliphatic carbocycles. The molecule has 0 bridgehead atoms. The average molecular weight is 349 g/mol. The number of nitrogens with one attached hydrogen (secondary N) is 1. The molecular formula is C18H25ClN4O. The lowest BCUT2D eigenvalue weighted by molar-refractivity contribution is 0.187. The standard InChI is InChI=1S/C18H25ClN4O/c1-5-22(17(24)21-18(2,3)4)13-16-20-10-11-23(16)12-14-8-6-7-9-15(14)19/h6-11H,5,12-13H2,1-4H3,(H,21,24). The Balaban J connectivity index is 2.11. The van der Waals surface area contributed by atoms with E-state index in [1.807, 2.05) is 62.7 Å². The summed E-state index contributed by atoms with van der Waals surface area (Å²) in [5, 5.41) is 3.72. The second-order valence-corrected chi connectivity index (χ2v) is 7.16. The molecule has 0 atom stereocenters. The molecule has 1 heterocycles. The van der Waals surface area contributed by atoms with Crippen molar-refractivity contribution < 1.29 is 4.79 Å². The molecule has 1 aromatic heterocycles. The molecule has 130 valence electrons. The van der Waals surface area contributed by atoms with E-state index in [-0.39, 0.29) is 11.6 Å². The van der Waals surface area contributed by atoms with E-state index in [1.54, 1.807) is 11.1 Å². The van der Waals surface area contributed by atoms with Gasteiger partial charge in [-0.15, -0.1) is 0 Å². The Hall–Kier alpha value is -2.01. The van der Waals surface area contributed by atoms with Crippen molar-refractivity contribution in [2.24, 2.45) is 0 Å². The Morgan fingerprint density at radius 3 is 2.67 bits per heavy atom. The maximum Gasteiger partial charge on any atom is 0.318 e. The van der Waals surface area contributed by atoms with Gasteiger partial charge in [-0.3, -0.25) is 0 Å². The van der Waals surface area contributed by atoms with E-state index in [2.05, 4.69) is 10.3 Å². The zero-order valence-corrected chi connectivity index (χ0v) is 15.5. The van der Waals surface area contributed by atoms with E-state index in [1.165, 1.54) is 0 Å². The molecular weight excluding hydrogens is 324 g/mol. The Bertz CT molecular complexity index is 690. The lowest BCUT2D eigenvalue weighted by atomic mass is 10.1. The van der Waals surface area contributed by atoms with Gasteiger partial charge in [0.2, 0.25) is 0 Å².